The fraction of sp³-hybridized carbons (Fsp3) is 0. The van der Waals surface area contributed by atoms with E-state index in [-0.39, 0.29) is 10.6 Å². The highest BCUT2D eigenvalue weighted by molar-refractivity contribution is 7.89. The minimum Gasteiger partial charge on any atom is -0.507 e. The van der Waals surface area contributed by atoms with Crippen molar-refractivity contribution in [2.45, 2.75) is 4.90 Å². The maximum atomic E-state index is 11.6. The van der Waals surface area contributed by atoms with E-state index in [1.165, 1.54) is 24.4 Å². The summed E-state index contributed by atoms with van der Waals surface area (Å²) in [4.78, 5) is 4.47. The molecule has 3 aromatic carbocycles. The van der Waals surface area contributed by atoms with E-state index in [9.17, 15) is 18.8 Å². The van der Waals surface area contributed by atoms with Crippen LogP contribution in [-0.2, 0) is 10.0 Å². The zero-order valence-electron chi connectivity index (χ0n) is 17.1. The van der Waals surface area contributed by atoms with E-state index in [0.29, 0.717) is 33.2 Å². The third-order valence-electron chi connectivity index (χ3n) is 4.95. The third kappa shape index (κ3) is 4.66. The highest BCUT2D eigenvalue weighted by Gasteiger charge is 2.18. The van der Waals surface area contributed by atoms with Gasteiger partial charge < -0.3 is 9.67 Å². The minimum atomic E-state index is -3.85. The van der Waals surface area contributed by atoms with Crippen molar-refractivity contribution in [3.8, 4) is 28.6 Å². The predicted octanol–water partition coefficient (Wildman–Crippen LogP) is 4.77. The lowest BCUT2D eigenvalue weighted by molar-refractivity contribution is 0.474. The molecule has 0 aliphatic rings. The van der Waals surface area contributed by atoms with Crippen molar-refractivity contribution >= 4 is 33.7 Å². The largest absolute Gasteiger partial charge is 0.507 e. The molecule has 7 nitrogen and oxygen atoms in total. The first-order chi connectivity index (χ1) is 15.8. The second kappa shape index (κ2) is 8.92. The molecule has 0 radical (unpaired) electrons. The van der Waals surface area contributed by atoms with Crippen molar-refractivity contribution in [2.75, 3.05) is 0 Å². The van der Waals surface area contributed by atoms with Crippen LogP contribution in [0.5, 0.6) is 5.75 Å². The van der Waals surface area contributed by atoms with Crippen LogP contribution in [0.15, 0.2) is 88.9 Å². The Morgan fingerprint density at radius 3 is 2.30 bits per heavy atom. The Morgan fingerprint density at radius 1 is 1.03 bits per heavy atom. The number of primary sulfonamides is 1. The van der Waals surface area contributed by atoms with Crippen LogP contribution in [0.1, 0.15) is 11.1 Å². The van der Waals surface area contributed by atoms with Crippen LogP contribution in [0.3, 0.4) is 0 Å². The lowest BCUT2D eigenvalue weighted by Gasteiger charge is -2.07. The average molecular weight is 477 g/mol. The molecule has 4 aromatic rings. The Kier molecular flexibility index (Phi) is 6.03. The number of benzene rings is 3. The molecule has 164 valence electrons. The number of para-hydroxylation sites is 1. The minimum absolute atomic E-state index is 0.0314. The van der Waals surface area contributed by atoms with E-state index in [1.807, 2.05) is 0 Å². The molecule has 1 aromatic heterocycles. The Balaban J connectivity index is 1.91. The molecule has 3 N–H and O–H groups in total. The Labute approximate surface area is 195 Å². The van der Waals surface area contributed by atoms with Crippen LogP contribution in [0.2, 0.25) is 5.02 Å². The van der Waals surface area contributed by atoms with Gasteiger partial charge in [0.15, 0.2) is 5.82 Å². The van der Waals surface area contributed by atoms with Crippen LogP contribution < -0.4 is 5.14 Å². The first kappa shape index (κ1) is 22.3. The van der Waals surface area contributed by atoms with Crippen LogP contribution in [-0.4, -0.2) is 24.3 Å². The molecule has 33 heavy (non-hydrogen) atoms. The van der Waals surface area contributed by atoms with Gasteiger partial charge in [-0.3, -0.25) is 0 Å². The first-order valence-corrected chi connectivity index (χ1v) is 11.6. The Morgan fingerprint density at radius 2 is 1.70 bits per heavy atom. The van der Waals surface area contributed by atoms with E-state index in [2.05, 4.69) is 11.1 Å². The van der Waals surface area contributed by atoms with E-state index in [0.717, 1.165) is 5.56 Å². The van der Waals surface area contributed by atoms with Crippen molar-refractivity contribution in [2.24, 2.45) is 10.1 Å². The van der Waals surface area contributed by atoms with E-state index in [4.69, 9.17) is 16.7 Å². The number of phenols is 1. The predicted molar refractivity (Wildman–Crippen MR) is 128 cm³/mol. The zero-order valence-corrected chi connectivity index (χ0v) is 18.6. The summed E-state index contributed by atoms with van der Waals surface area (Å²) in [6.07, 6.45) is 3.21. The van der Waals surface area contributed by atoms with Crippen molar-refractivity contribution < 1.29 is 13.5 Å². The van der Waals surface area contributed by atoms with Gasteiger partial charge in [-0.15, -0.1) is 0 Å². The van der Waals surface area contributed by atoms with Crippen molar-refractivity contribution in [3.63, 3.8) is 0 Å². The Bertz CT molecular complexity index is 1500. The molecule has 0 saturated heterocycles. The van der Waals surface area contributed by atoms with Gasteiger partial charge in [-0.05, 0) is 54.1 Å². The third-order valence-corrected chi connectivity index (χ3v) is 6.13. The maximum Gasteiger partial charge on any atom is 0.238 e. The molecule has 0 atom stereocenters. The molecular weight excluding hydrogens is 460 g/mol. The quantitative estimate of drug-likeness (QED) is 0.403. The van der Waals surface area contributed by atoms with Gasteiger partial charge in [0.05, 0.1) is 4.90 Å². The summed E-state index contributed by atoms with van der Waals surface area (Å²) in [6, 6.07) is 21.9. The number of hydrogen-bond donors (Lipinski definition) is 2. The smallest absolute Gasteiger partial charge is 0.238 e. The van der Waals surface area contributed by atoms with Gasteiger partial charge in [-0.1, -0.05) is 35.9 Å². The van der Waals surface area contributed by atoms with Gasteiger partial charge >= 0.3 is 0 Å². The lowest BCUT2D eigenvalue weighted by Crippen LogP contribution is -2.11. The second-order valence-electron chi connectivity index (χ2n) is 7.09. The van der Waals surface area contributed by atoms with Crippen molar-refractivity contribution in [1.82, 2.24) is 4.57 Å². The molecule has 9 heteroatoms. The number of aliphatic imine (C=N–C) groups is 1. The maximum absolute atomic E-state index is 11.6. The number of nitrogens with zero attached hydrogens (tertiary/aromatic N) is 3. The van der Waals surface area contributed by atoms with Gasteiger partial charge in [0.2, 0.25) is 10.0 Å². The molecule has 1 heterocycles. The van der Waals surface area contributed by atoms with Crippen molar-refractivity contribution in [3.05, 3.63) is 95.1 Å². The standard InChI is InChI=1S/C24H17ClN4O3S/c25-18-7-5-16(6-8-18)22-15-29(19-9-11-20(12-10-19)33(27,31)32)24(21(22)13-26)28-14-17-3-1-2-4-23(17)30/h1-12,14-15,30H,(H2,27,31,32)/b28-14+. The summed E-state index contributed by atoms with van der Waals surface area (Å²) in [5.41, 5.74) is 2.74. The van der Waals surface area contributed by atoms with Crippen LogP contribution >= 0.6 is 11.6 Å². The number of nitrogens with two attached hydrogens (primary N) is 1. The second-order valence-corrected chi connectivity index (χ2v) is 9.08. The highest BCUT2D eigenvalue weighted by Crippen LogP contribution is 2.36. The van der Waals surface area contributed by atoms with Gasteiger partial charge in [0, 0.05) is 34.2 Å². The van der Waals surface area contributed by atoms with Crippen molar-refractivity contribution in [1.29, 1.82) is 5.26 Å². The van der Waals surface area contributed by atoms with Gasteiger partial charge in [-0.25, -0.2) is 18.5 Å². The summed E-state index contributed by atoms with van der Waals surface area (Å²) >= 11 is 6.01. The molecule has 0 unspecified atom stereocenters. The van der Waals surface area contributed by atoms with Gasteiger partial charge in [0.1, 0.15) is 17.4 Å². The van der Waals surface area contributed by atoms with Crippen LogP contribution in [0, 0.1) is 11.3 Å². The molecule has 0 spiro atoms. The van der Waals surface area contributed by atoms with Gasteiger partial charge in [0.25, 0.3) is 0 Å². The highest BCUT2D eigenvalue weighted by atomic mass is 35.5. The van der Waals surface area contributed by atoms with Gasteiger partial charge in [-0.2, -0.15) is 5.26 Å². The topological polar surface area (TPSA) is 121 Å². The number of sulfonamides is 1. The molecular formula is C24H17ClN4O3S. The lowest BCUT2D eigenvalue weighted by atomic mass is 10.1. The summed E-state index contributed by atoms with van der Waals surface area (Å²) in [5.74, 6) is 0.363. The normalized spacial score (nSPS) is 11.5. The van der Waals surface area contributed by atoms with Crippen LogP contribution in [0.4, 0.5) is 5.82 Å². The molecule has 0 aliphatic carbocycles. The molecule has 0 bridgehead atoms. The fourth-order valence-corrected chi connectivity index (χ4v) is 3.94. The molecule has 4 rings (SSSR count). The number of hydrogen-bond acceptors (Lipinski definition) is 5. The number of phenolic OH excluding ortho intramolecular Hbond substituents is 1. The fourth-order valence-electron chi connectivity index (χ4n) is 3.30. The first-order valence-electron chi connectivity index (χ1n) is 9.64. The number of aromatic hydroxyl groups is 1. The Hall–Kier alpha value is -3.90. The summed E-state index contributed by atoms with van der Waals surface area (Å²) in [7, 11) is -3.85. The number of aromatic nitrogens is 1. The summed E-state index contributed by atoms with van der Waals surface area (Å²) < 4.78 is 24.9. The summed E-state index contributed by atoms with van der Waals surface area (Å²) in [6.45, 7) is 0. The molecule has 0 fully saturated rings. The van der Waals surface area contributed by atoms with E-state index < -0.39 is 10.0 Å². The van der Waals surface area contributed by atoms with E-state index in [1.54, 1.807) is 65.4 Å². The molecule has 0 amide bonds. The SMILES string of the molecule is N#Cc1c(-c2ccc(Cl)cc2)cn(-c2ccc(S(N)(=O)=O)cc2)c1/N=C/c1ccccc1O. The number of rotatable bonds is 5. The molecule has 0 saturated carbocycles. The zero-order chi connectivity index (χ0) is 23.6. The molecule has 0 aliphatic heterocycles. The summed E-state index contributed by atoms with van der Waals surface area (Å²) in [5, 5.41) is 25.8. The monoisotopic (exact) mass is 476 g/mol. The average Bonchev–Trinajstić information content (AvgIpc) is 3.17. The number of halogens is 1. The van der Waals surface area contributed by atoms with Crippen LogP contribution in [0.25, 0.3) is 16.8 Å². The number of nitriles is 1. The van der Waals surface area contributed by atoms with E-state index >= 15 is 0 Å².